The Morgan fingerprint density at radius 3 is 3.14 bits per heavy atom. The van der Waals surface area contributed by atoms with Crippen molar-refractivity contribution in [1.82, 2.24) is 4.98 Å². The maximum absolute atomic E-state index is 12.1. The van der Waals surface area contributed by atoms with Crippen LogP contribution >= 0.6 is 0 Å². The van der Waals surface area contributed by atoms with Crippen LogP contribution in [0.5, 0.6) is 0 Å². The van der Waals surface area contributed by atoms with Crippen molar-refractivity contribution in [3.8, 4) is 0 Å². The zero-order valence-electron chi connectivity index (χ0n) is 7.77. The summed E-state index contributed by atoms with van der Waals surface area (Å²) in [6.45, 7) is 1.36. The average Bonchev–Trinajstić information content (AvgIpc) is 2.82. The number of rotatable bonds is 2. The Labute approximate surface area is 82.1 Å². The normalized spacial score (nSPS) is 33.9. The van der Waals surface area contributed by atoms with Crippen LogP contribution in [0.15, 0.2) is 24.5 Å². The van der Waals surface area contributed by atoms with Crippen LogP contribution in [0.3, 0.4) is 0 Å². The molecule has 1 aromatic rings. The van der Waals surface area contributed by atoms with Crippen LogP contribution in [-0.4, -0.2) is 24.0 Å². The van der Waals surface area contributed by atoms with Crippen molar-refractivity contribution in [1.29, 1.82) is 0 Å². The maximum Gasteiger partial charge on any atom is 0.173 e. The van der Waals surface area contributed by atoms with Crippen LogP contribution in [0.25, 0.3) is 0 Å². The first-order valence-electron chi connectivity index (χ1n) is 4.85. The Balaban J connectivity index is 1.91. The third-order valence-corrected chi connectivity index (χ3v) is 3.29. The van der Waals surface area contributed by atoms with Crippen molar-refractivity contribution in [2.75, 3.05) is 13.2 Å². The number of aromatic nitrogens is 1. The lowest BCUT2D eigenvalue weighted by atomic mass is 9.95. The molecule has 1 aliphatic carbocycles. The van der Waals surface area contributed by atoms with Crippen LogP contribution in [-0.2, 0) is 4.74 Å². The summed E-state index contributed by atoms with van der Waals surface area (Å²) in [5.74, 6) is 0.684. The summed E-state index contributed by atoms with van der Waals surface area (Å²) in [6.07, 6.45) is 4.33. The Hall–Kier alpha value is -1.22. The Morgan fingerprint density at radius 2 is 2.57 bits per heavy atom. The van der Waals surface area contributed by atoms with E-state index in [1.165, 1.54) is 0 Å². The van der Waals surface area contributed by atoms with E-state index in [4.69, 9.17) is 4.74 Å². The lowest BCUT2D eigenvalue weighted by Crippen LogP contribution is -2.19. The molecule has 2 atom stereocenters. The minimum atomic E-state index is -0.178. The highest BCUT2D eigenvalue weighted by Crippen LogP contribution is 2.58. The number of ketones is 1. The molecule has 2 fully saturated rings. The number of hydrogen-bond donors (Lipinski definition) is 0. The molecule has 2 unspecified atom stereocenters. The molecule has 0 aromatic carbocycles. The largest absolute Gasteiger partial charge is 0.380 e. The number of nitrogens with zero attached hydrogens (tertiary/aromatic N) is 1. The van der Waals surface area contributed by atoms with Crippen LogP contribution in [0.2, 0.25) is 0 Å². The van der Waals surface area contributed by atoms with Crippen molar-refractivity contribution in [3.05, 3.63) is 30.1 Å². The van der Waals surface area contributed by atoms with Gasteiger partial charge in [0, 0.05) is 18.0 Å². The number of ether oxygens (including phenoxy) is 1. The minimum Gasteiger partial charge on any atom is -0.380 e. The smallest absolute Gasteiger partial charge is 0.173 e. The summed E-state index contributed by atoms with van der Waals surface area (Å²) in [4.78, 5) is 16.1. The molecule has 0 amide bonds. The number of hydrogen-bond acceptors (Lipinski definition) is 3. The van der Waals surface area contributed by atoms with E-state index in [-0.39, 0.29) is 11.2 Å². The summed E-state index contributed by atoms with van der Waals surface area (Å²) < 4.78 is 5.31. The molecule has 3 nitrogen and oxygen atoms in total. The van der Waals surface area contributed by atoms with Crippen LogP contribution in [0.4, 0.5) is 0 Å². The van der Waals surface area contributed by atoms with Gasteiger partial charge in [0.2, 0.25) is 0 Å². The predicted molar refractivity (Wildman–Crippen MR) is 49.9 cm³/mol. The van der Waals surface area contributed by atoms with Gasteiger partial charge in [-0.1, -0.05) is 0 Å². The van der Waals surface area contributed by atoms with E-state index < -0.39 is 0 Å². The average molecular weight is 189 g/mol. The lowest BCUT2D eigenvalue weighted by molar-refractivity contribution is 0.0829. The van der Waals surface area contributed by atoms with Gasteiger partial charge in [-0.25, -0.2) is 0 Å². The van der Waals surface area contributed by atoms with Gasteiger partial charge in [0.15, 0.2) is 5.78 Å². The second-order valence-electron chi connectivity index (χ2n) is 4.14. The maximum atomic E-state index is 12.1. The van der Waals surface area contributed by atoms with Gasteiger partial charge in [0.05, 0.1) is 18.6 Å². The molecule has 1 aliphatic heterocycles. The fourth-order valence-electron chi connectivity index (χ4n) is 2.29. The number of carbonyl (C=O) groups excluding carboxylic acids is 1. The summed E-state index contributed by atoms with van der Waals surface area (Å²) in [6, 6.07) is 3.63. The number of carbonyl (C=O) groups is 1. The molecule has 14 heavy (non-hydrogen) atoms. The molecular formula is C11H11NO2. The van der Waals surface area contributed by atoms with Gasteiger partial charge in [-0.2, -0.15) is 0 Å². The van der Waals surface area contributed by atoms with Gasteiger partial charge >= 0.3 is 0 Å². The van der Waals surface area contributed by atoms with Gasteiger partial charge in [-0.3, -0.25) is 9.78 Å². The quantitative estimate of drug-likeness (QED) is 0.658. The van der Waals surface area contributed by atoms with E-state index in [1.807, 2.05) is 6.07 Å². The zero-order valence-corrected chi connectivity index (χ0v) is 7.77. The van der Waals surface area contributed by atoms with Gasteiger partial charge in [0.1, 0.15) is 0 Å². The highest BCUT2D eigenvalue weighted by molar-refractivity contribution is 6.02. The van der Waals surface area contributed by atoms with Gasteiger partial charge < -0.3 is 4.74 Å². The van der Waals surface area contributed by atoms with Gasteiger partial charge in [0.25, 0.3) is 0 Å². The zero-order chi connectivity index (χ0) is 9.60. The summed E-state index contributed by atoms with van der Waals surface area (Å²) in [5.41, 5.74) is 0.545. The third kappa shape index (κ3) is 0.960. The molecule has 0 spiro atoms. The molecular weight excluding hydrogens is 178 g/mol. The first kappa shape index (κ1) is 8.12. The fourth-order valence-corrected chi connectivity index (χ4v) is 2.29. The second kappa shape index (κ2) is 2.64. The van der Waals surface area contributed by atoms with Crippen LogP contribution in [0.1, 0.15) is 16.8 Å². The predicted octanol–water partition coefficient (Wildman–Crippen LogP) is 1.30. The molecule has 1 saturated carbocycles. The molecule has 0 radical (unpaired) electrons. The van der Waals surface area contributed by atoms with Crippen LogP contribution < -0.4 is 0 Å². The molecule has 2 heterocycles. The highest BCUT2D eigenvalue weighted by atomic mass is 16.5. The van der Waals surface area contributed by atoms with Crippen molar-refractivity contribution in [2.24, 2.45) is 11.3 Å². The highest BCUT2D eigenvalue weighted by Gasteiger charge is 2.63. The van der Waals surface area contributed by atoms with E-state index in [2.05, 4.69) is 4.98 Å². The minimum absolute atomic E-state index is 0.178. The standard InChI is InChI=1S/C11H11NO2/c13-10(8-2-1-3-12-5-8)11-4-9(11)6-14-7-11/h1-3,5,9H,4,6-7H2. The Bertz CT molecular complexity index is 376. The van der Waals surface area contributed by atoms with E-state index >= 15 is 0 Å². The lowest BCUT2D eigenvalue weighted by Gasteiger charge is -2.08. The molecule has 1 aromatic heterocycles. The van der Waals surface area contributed by atoms with Crippen molar-refractivity contribution in [2.45, 2.75) is 6.42 Å². The molecule has 3 heteroatoms. The Morgan fingerprint density at radius 1 is 1.64 bits per heavy atom. The van der Waals surface area contributed by atoms with E-state index in [1.54, 1.807) is 18.5 Å². The fraction of sp³-hybridized carbons (Fsp3) is 0.455. The first-order chi connectivity index (χ1) is 6.83. The number of pyridine rings is 1. The molecule has 0 N–H and O–H groups in total. The SMILES string of the molecule is O=C(c1cccnc1)C12COCC1C2. The van der Waals surface area contributed by atoms with Crippen molar-refractivity contribution < 1.29 is 9.53 Å². The summed E-state index contributed by atoms with van der Waals surface area (Å²) in [5, 5.41) is 0. The van der Waals surface area contributed by atoms with Crippen LogP contribution in [0, 0.1) is 11.3 Å². The van der Waals surface area contributed by atoms with E-state index in [0.29, 0.717) is 12.5 Å². The number of Topliss-reactive ketones (excluding diaryl/α,β-unsaturated/α-hetero) is 1. The molecule has 3 rings (SSSR count). The van der Waals surface area contributed by atoms with Crippen molar-refractivity contribution in [3.63, 3.8) is 0 Å². The Kier molecular flexibility index (Phi) is 1.53. The summed E-state index contributed by atoms with van der Waals surface area (Å²) >= 11 is 0. The molecule has 2 aliphatic rings. The molecule has 72 valence electrons. The first-order valence-corrected chi connectivity index (χ1v) is 4.85. The van der Waals surface area contributed by atoms with E-state index in [9.17, 15) is 4.79 Å². The topological polar surface area (TPSA) is 39.2 Å². The van der Waals surface area contributed by atoms with Gasteiger partial charge in [-0.15, -0.1) is 0 Å². The number of fused-ring (bicyclic) bond motifs is 1. The monoisotopic (exact) mass is 189 g/mol. The molecule has 0 bridgehead atoms. The third-order valence-electron chi connectivity index (χ3n) is 3.29. The van der Waals surface area contributed by atoms with Crippen molar-refractivity contribution >= 4 is 5.78 Å². The van der Waals surface area contributed by atoms with E-state index in [0.717, 1.165) is 18.6 Å². The van der Waals surface area contributed by atoms with Gasteiger partial charge in [-0.05, 0) is 24.5 Å². The summed E-state index contributed by atoms with van der Waals surface area (Å²) in [7, 11) is 0. The molecule has 1 saturated heterocycles. The second-order valence-corrected chi connectivity index (χ2v) is 4.14.